The number of aromatic nitrogens is 1. The molecule has 0 aliphatic heterocycles. The maximum atomic E-state index is 8.96. The lowest BCUT2D eigenvalue weighted by atomic mass is 10.2. The summed E-state index contributed by atoms with van der Waals surface area (Å²) in [7, 11) is 2.00. The van der Waals surface area contributed by atoms with Gasteiger partial charge in [0.15, 0.2) is 0 Å². The minimum absolute atomic E-state index is 0.653. The van der Waals surface area contributed by atoms with E-state index in [4.69, 9.17) is 5.26 Å². The van der Waals surface area contributed by atoms with Crippen LogP contribution in [0.4, 0.5) is 5.69 Å². The van der Waals surface area contributed by atoms with E-state index in [1.807, 2.05) is 32.2 Å². The summed E-state index contributed by atoms with van der Waals surface area (Å²) in [6, 6.07) is 7.85. The molecule has 18 heavy (non-hydrogen) atoms. The van der Waals surface area contributed by atoms with E-state index in [9.17, 15) is 0 Å². The lowest BCUT2D eigenvalue weighted by molar-refractivity contribution is 0.889. The van der Waals surface area contributed by atoms with Crippen molar-refractivity contribution in [3.8, 4) is 6.07 Å². The zero-order chi connectivity index (χ0) is 13.1. The van der Waals surface area contributed by atoms with Crippen LogP contribution in [0.3, 0.4) is 0 Å². The highest BCUT2D eigenvalue weighted by molar-refractivity contribution is 9.10. The largest absolute Gasteiger partial charge is 0.369 e. The van der Waals surface area contributed by atoms with Gasteiger partial charge < -0.3 is 4.90 Å². The van der Waals surface area contributed by atoms with Crippen molar-refractivity contribution in [2.45, 2.75) is 13.5 Å². The van der Waals surface area contributed by atoms with Gasteiger partial charge in [0, 0.05) is 22.6 Å². The number of halogens is 1. The van der Waals surface area contributed by atoms with Crippen molar-refractivity contribution in [1.29, 1.82) is 5.26 Å². The fourth-order valence-electron chi connectivity index (χ4n) is 1.67. The normalized spacial score (nSPS) is 10.1. The van der Waals surface area contributed by atoms with E-state index >= 15 is 0 Å². The van der Waals surface area contributed by atoms with Crippen LogP contribution in [0.25, 0.3) is 0 Å². The van der Waals surface area contributed by atoms with E-state index in [-0.39, 0.29) is 0 Å². The fraction of sp³-hybridized carbons (Fsp3) is 0.231. The van der Waals surface area contributed by atoms with Crippen LogP contribution >= 0.6 is 27.3 Å². The number of thiazole rings is 1. The number of nitrogens with zero attached hydrogens (tertiary/aromatic N) is 3. The molecule has 0 N–H and O–H groups in total. The second-order valence-electron chi connectivity index (χ2n) is 4.02. The maximum absolute atomic E-state index is 8.96. The van der Waals surface area contributed by atoms with E-state index in [1.165, 1.54) is 0 Å². The molecule has 0 saturated heterocycles. The molecule has 0 bridgehead atoms. The minimum Gasteiger partial charge on any atom is -0.369 e. The van der Waals surface area contributed by atoms with Gasteiger partial charge >= 0.3 is 0 Å². The van der Waals surface area contributed by atoms with E-state index in [1.54, 1.807) is 11.3 Å². The number of hydrogen-bond donors (Lipinski definition) is 0. The van der Waals surface area contributed by atoms with Crippen LogP contribution in [0, 0.1) is 18.3 Å². The SMILES string of the molecule is Cc1nc(CN(C)c2cc(Br)cc(C#N)c2)cs1. The van der Waals surface area contributed by atoms with Crippen molar-refractivity contribution in [3.63, 3.8) is 0 Å². The summed E-state index contributed by atoms with van der Waals surface area (Å²) in [4.78, 5) is 6.52. The van der Waals surface area contributed by atoms with Crippen LogP contribution in [-0.2, 0) is 6.54 Å². The smallest absolute Gasteiger partial charge is 0.0992 e. The molecule has 0 atom stereocenters. The second kappa shape index (κ2) is 5.51. The molecule has 0 aliphatic carbocycles. The standard InChI is InChI=1S/C13H12BrN3S/c1-9-16-12(8-18-9)7-17(2)13-4-10(6-15)3-11(14)5-13/h3-5,8H,7H2,1-2H3. The molecule has 0 fully saturated rings. The number of nitriles is 1. The topological polar surface area (TPSA) is 39.9 Å². The molecule has 92 valence electrons. The number of rotatable bonds is 3. The van der Waals surface area contributed by atoms with Crippen LogP contribution in [0.15, 0.2) is 28.1 Å². The molecule has 1 aromatic heterocycles. The molecule has 1 aromatic carbocycles. The average Bonchev–Trinajstić information content (AvgIpc) is 2.73. The Morgan fingerprint density at radius 1 is 1.44 bits per heavy atom. The highest BCUT2D eigenvalue weighted by atomic mass is 79.9. The first-order valence-electron chi connectivity index (χ1n) is 5.41. The third-order valence-corrected chi connectivity index (χ3v) is 3.80. The van der Waals surface area contributed by atoms with Crippen molar-refractivity contribution in [2.24, 2.45) is 0 Å². The number of hydrogen-bond acceptors (Lipinski definition) is 4. The Labute approximate surface area is 119 Å². The molecular weight excluding hydrogens is 310 g/mol. The quantitative estimate of drug-likeness (QED) is 0.864. The minimum atomic E-state index is 0.653. The zero-order valence-electron chi connectivity index (χ0n) is 10.1. The molecular formula is C13H12BrN3S. The van der Waals surface area contributed by atoms with E-state index in [0.717, 1.165) is 27.4 Å². The Balaban J connectivity index is 2.21. The van der Waals surface area contributed by atoms with Gasteiger partial charge in [-0.15, -0.1) is 11.3 Å². The van der Waals surface area contributed by atoms with Crippen LogP contribution < -0.4 is 4.90 Å². The van der Waals surface area contributed by atoms with Crippen LogP contribution in [0.1, 0.15) is 16.3 Å². The zero-order valence-corrected chi connectivity index (χ0v) is 12.5. The van der Waals surface area contributed by atoms with E-state index < -0.39 is 0 Å². The van der Waals surface area contributed by atoms with E-state index in [2.05, 4.69) is 37.3 Å². The number of benzene rings is 1. The summed E-state index contributed by atoms with van der Waals surface area (Å²) in [5.41, 5.74) is 2.71. The first-order chi connectivity index (χ1) is 8.58. The monoisotopic (exact) mass is 321 g/mol. The van der Waals surface area contributed by atoms with Gasteiger partial charge in [0.25, 0.3) is 0 Å². The van der Waals surface area contributed by atoms with Gasteiger partial charge in [-0.1, -0.05) is 15.9 Å². The number of anilines is 1. The van der Waals surface area contributed by atoms with Gasteiger partial charge in [-0.3, -0.25) is 0 Å². The van der Waals surface area contributed by atoms with E-state index in [0.29, 0.717) is 5.56 Å². The second-order valence-corrected chi connectivity index (χ2v) is 6.00. The van der Waals surface area contributed by atoms with Crippen molar-refractivity contribution >= 4 is 33.0 Å². The molecule has 0 unspecified atom stereocenters. The number of aryl methyl sites for hydroxylation is 1. The van der Waals surface area contributed by atoms with Crippen molar-refractivity contribution < 1.29 is 0 Å². The van der Waals surface area contributed by atoms with Crippen LogP contribution in [-0.4, -0.2) is 12.0 Å². The van der Waals surface area contributed by atoms with Gasteiger partial charge in [0.2, 0.25) is 0 Å². The third kappa shape index (κ3) is 3.09. The Bertz CT molecular complexity index is 601. The molecule has 1 heterocycles. The van der Waals surface area contributed by atoms with Crippen LogP contribution in [0.5, 0.6) is 0 Å². The highest BCUT2D eigenvalue weighted by Gasteiger charge is 2.07. The van der Waals surface area contributed by atoms with Gasteiger partial charge in [-0.05, 0) is 25.1 Å². The molecule has 0 aliphatic rings. The molecule has 0 saturated carbocycles. The molecule has 0 spiro atoms. The fourth-order valence-corrected chi connectivity index (χ4v) is 2.76. The van der Waals surface area contributed by atoms with Gasteiger partial charge in [0.05, 0.1) is 28.9 Å². The Hall–Kier alpha value is -1.38. The molecule has 2 rings (SSSR count). The van der Waals surface area contributed by atoms with Crippen LogP contribution in [0.2, 0.25) is 0 Å². The van der Waals surface area contributed by atoms with Crippen molar-refractivity contribution in [2.75, 3.05) is 11.9 Å². The van der Waals surface area contributed by atoms with Gasteiger partial charge in [-0.25, -0.2) is 4.98 Å². The summed E-state index contributed by atoms with van der Waals surface area (Å²) < 4.78 is 0.915. The Morgan fingerprint density at radius 2 is 2.22 bits per heavy atom. The molecule has 2 aromatic rings. The van der Waals surface area contributed by atoms with Gasteiger partial charge in [0.1, 0.15) is 0 Å². The predicted molar refractivity (Wildman–Crippen MR) is 77.8 cm³/mol. The molecule has 0 radical (unpaired) electrons. The first-order valence-corrected chi connectivity index (χ1v) is 7.08. The van der Waals surface area contributed by atoms with Crippen molar-refractivity contribution in [1.82, 2.24) is 4.98 Å². The lowest BCUT2D eigenvalue weighted by Gasteiger charge is -2.18. The predicted octanol–water partition coefficient (Wildman–Crippen LogP) is 3.72. The summed E-state index contributed by atoms with van der Waals surface area (Å²) in [5, 5.41) is 12.1. The van der Waals surface area contributed by atoms with Crippen molar-refractivity contribution in [3.05, 3.63) is 44.3 Å². The highest BCUT2D eigenvalue weighted by Crippen LogP contribution is 2.23. The molecule has 3 nitrogen and oxygen atoms in total. The third-order valence-electron chi connectivity index (χ3n) is 2.52. The Kier molecular flexibility index (Phi) is 4.00. The van der Waals surface area contributed by atoms with Gasteiger partial charge in [-0.2, -0.15) is 5.26 Å². The summed E-state index contributed by atoms with van der Waals surface area (Å²) in [6.07, 6.45) is 0. The summed E-state index contributed by atoms with van der Waals surface area (Å²) in [5.74, 6) is 0. The molecule has 0 amide bonds. The Morgan fingerprint density at radius 3 is 2.83 bits per heavy atom. The average molecular weight is 322 g/mol. The summed E-state index contributed by atoms with van der Waals surface area (Å²) >= 11 is 5.07. The summed E-state index contributed by atoms with van der Waals surface area (Å²) in [6.45, 7) is 2.74. The maximum Gasteiger partial charge on any atom is 0.0992 e. The molecule has 5 heteroatoms. The lowest BCUT2D eigenvalue weighted by Crippen LogP contribution is -2.16. The first kappa shape index (κ1) is 13.1.